The summed E-state index contributed by atoms with van der Waals surface area (Å²) in [5, 5.41) is 12.7. The fourth-order valence-electron chi connectivity index (χ4n) is 3.09. The molecule has 162 valence electrons. The number of hydrogen-bond donors (Lipinski definition) is 1. The van der Waals surface area contributed by atoms with Crippen LogP contribution in [-0.2, 0) is 6.54 Å². The first-order chi connectivity index (χ1) is 15.1. The lowest BCUT2D eigenvalue weighted by Gasteiger charge is -2.22. The Labute approximate surface area is 187 Å². The van der Waals surface area contributed by atoms with Gasteiger partial charge in [-0.15, -0.1) is 16.8 Å². The first-order valence-electron chi connectivity index (χ1n) is 10.3. The van der Waals surface area contributed by atoms with Crippen molar-refractivity contribution in [1.29, 1.82) is 0 Å². The number of nitrogens with zero attached hydrogens (tertiary/aromatic N) is 3. The molecule has 31 heavy (non-hydrogen) atoms. The van der Waals surface area contributed by atoms with Crippen LogP contribution in [0.2, 0.25) is 0 Å². The van der Waals surface area contributed by atoms with Crippen molar-refractivity contribution in [2.75, 3.05) is 12.4 Å². The average Bonchev–Trinajstić information content (AvgIpc) is 3.18. The van der Waals surface area contributed by atoms with Gasteiger partial charge < -0.3 is 14.6 Å². The number of amides is 1. The van der Waals surface area contributed by atoms with Gasteiger partial charge in [-0.05, 0) is 30.2 Å². The van der Waals surface area contributed by atoms with E-state index < -0.39 is 0 Å². The van der Waals surface area contributed by atoms with E-state index in [1.807, 2.05) is 59.2 Å². The number of carbonyl (C=O) groups is 1. The molecule has 1 aromatic heterocycles. The van der Waals surface area contributed by atoms with E-state index in [0.717, 1.165) is 22.5 Å². The van der Waals surface area contributed by atoms with E-state index in [1.54, 1.807) is 23.9 Å². The lowest BCUT2D eigenvalue weighted by Crippen LogP contribution is -2.33. The Morgan fingerprint density at radius 3 is 2.45 bits per heavy atom. The number of aromatic nitrogens is 3. The SMILES string of the molecule is C=CCn1c(SCCOc2ccccc2)nnc1[C@H](NC(=O)c1ccccc1)C(C)C. The molecule has 1 amide bonds. The number of ether oxygens (including phenoxy) is 1. The molecule has 0 aliphatic rings. The van der Waals surface area contributed by atoms with Gasteiger partial charge in [-0.3, -0.25) is 4.79 Å². The van der Waals surface area contributed by atoms with Crippen LogP contribution < -0.4 is 10.1 Å². The molecular formula is C24H28N4O2S. The highest BCUT2D eigenvalue weighted by atomic mass is 32.2. The first-order valence-corrected chi connectivity index (χ1v) is 11.3. The predicted molar refractivity (Wildman–Crippen MR) is 124 cm³/mol. The van der Waals surface area contributed by atoms with Crippen molar-refractivity contribution in [1.82, 2.24) is 20.1 Å². The number of allylic oxidation sites excluding steroid dienone is 1. The van der Waals surface area contributed by atoms with E-state index in [1.165, 1.54) is 0 Å². The van der Waals surface area contributed by atoms with E-state index in [2.05, 4.69) is 35.9 Å². The van der Waals surface area contributed by atoms with Crippen LogP contribution in [0.15, 0.2) is 78.5 Å². The minimum Gasteiger partial charge on any atom is -0.493 e. The van der Waals surface area contributed by atoms with E-state index in [-0.39, 0.29) is 17.9 Å². The highest BCUT2D eigenvalue weighted by Gasteiger charge is 2.26. The topological polar surface area (TPSA) is 69.0 Å². The second kappa shape index (κ2) is 11.4. The second-order valence-electron chi connectivity index (χ2n) is 7.31. The number of hydrogen-bond acceptors (Lipinski definition) is 5. The summed E-state index contributed by atoms with van der Waals surface area (Å²) in [7, 11) is 0. The molecular weight excluding hydrogens is 408 g/mol. The van der Waals surface area contributed by atoms with E-state index >= 15 is 0 Å². The number of benzene rings is 2. The largest absolute Gasteiger partial charge is 0.493 e. The van der Waals surface area contributed by atoms with Crippen molar-refractivity contribution in [3.05, 3.63) is 84.7 Å². The molecule has 3 rings (SSSR count). The lowest BCUT2D eigenvalue weighted by molar-refractivity contribution is 0.0922. The van der Waals surface area contributed by atoms with Gasteiger partial charge in [0.2, 0.25) is 0 Å². The third kappa shape index (κ3) is 6.21. The number of nitrogens with one attached hydrogen (secondary N) is 1. The van der Waals surface area contributed by atoms with Crippen LogP contribution in [0.3, 0.4) is 0 Å². The number of thioether (sulfide) groups is 1. The molecule has 0 saturated carbocycles. The van der Waals surface area contributed by atoms with Gasteiger partial charge in [-0.2, -0.15) is 0 Å². The number of carbonyl (C=O) groups excluding carboxylic acids is 1. The molecule has 1 atom stereocenters. The summed E-state index contributed by atoms with van der Waals surface area (Å²) in [6, 6.07) is 18.7. The maximum Gasteiger partial charge on any atom is 0.251 e. The summed E-state index contributed by atoms with van der Waals surface area (Å²) in [5.41, 5.74) is 0.621. The Kier molecular flexibility index (Phi) is 8.29. The van der Waals surface area contributed by atoms with E-state index in [0.29, 0.717) is 18.7 Å². The van der Waals surface area contributed by atoms with Crippen molar-refractivity contribution < 1.29 is 9.53 Å². The molecule has 0 bridgehead atoms. The van der Waals surface area contributed by atoms with Crippen molar-refractivity contribution >= 4 is 17.7 Å². The fourth-order valence-corrected chi connectivity index (χ4v) is 3.86. The Bertz CT molecular complexity index is 974. The third-order valence-corrected chi connectivity index (χ3v) is 5.58. The molecule has 3 aromatic rings. The Morgan fingerprint density at radius 1 is 1.13 bits per heavy atom. The standard InChI is InChI=1S/C24H28N4O2S/c1-4-15-28-22(21(18(2)3)25-23(29)19-11-7-5-8-12-19)26-27-24(28)31-17-16-30-20-13-9-6-10-14-20/h4-14,18,21H,1,15-17H2,2-3H3,(H,25,29)/t21-/m1/s1. The highest BCUT2D eigenvalue weighted by Crippen LogP contribution is 2.26. The molecule has 7 heteroatoms. The zero-order valence-corrected chi connectivity index (χ0v) is 18.7. The second-order valence-corrected chi connectivity index (χ2v) is 8.37. The van der Waals surface area contributed by atoms with Crippen LogP contribution in [0.25, 0.3) is 0 Å². The van der Waals surface area contributed by atoms with Gasteiger partial charge in [0, 0.05) is 17.9 Å². The molecule has 0 aliphatic heterocycles. The molecule has 0 aliphatic carbocycles. The molecule has 0 saturated heterocycles. The average molecular weight is 437 g/mol. The van der Waals surface area contributed by atoms with Gasteiger partial charge in [-0.1, -0.05) is 68.1 Å². The summed E-state index contributed by atoms with van der Waals surface area (Å²) in [6.45, 7) is 9.11. The molecule has 1 heterocycles. The van der Waals surface area contributed by atoms with Gasteiger partial charge in [0.25, 0.3) is 5.91 Å². The van der Waals surface area contributed by atoms with Crippen LogP contribution >= 0.6 is 11.8 Å². The molecule has 0 radical (unpaired) electrons. The van der Waals surface area contributed by atoms with E-state index in [9.17, 15) is 4.79 Å². The normalized spacial score (nSPS) is 11.8. The van der Waals surface area contributed by atoms with Crippen LogP contribution in [-0.4, -0.2) is 33.0 Å². The van der Waals surface area contributed by atoms with E-state index in [4.69, 9.17) is 4.74 Å². The van der Waals surface area contributed by atoms with Crippen molar-refractivity contribution in [2.24, 2.45) is 5.92 Å². The van der Waals surface area contributed by atoms with Gasteiger partial charge in [0.1, 0.15) is 5.75 Å². The summed E-state index contributed by atoms with van der Waals surface area (Å²) in [6.07, 6.45) is 1.81. The van der Waals surface area contributed by atoms with Crippen molar-refractivity contribution in [2.45, 2.75) is 31.6 Å². The summed E-state index contributed by atoms with van der Waals surface area (Å²) in [5.74, 6) is 2.32. The van der Waals surface area contributed by atoms with Gasteiger partial charge in [-0.25, -0.2) is 0 Å². The summed E-state index contributed by atoms with van der Waals surface area (Å²) < 4.78 is 7.78. The molecule has 6 nitrogen and oxygen atoms in total. The number of para-hydroxylation sites is 1. The highest BCUT2D eigenvalue weighted by molar-refractivity contribution is 7.99. The lowest BCUT2D eigenvalue weighted by atomic mass is 10.0. The van der Waals surface area contributed by atoms with Crippen molar-refractivity contribution in [3.8, 4) is 5.75 Å². The molecule has 1 N–H and O–H groups in total. The minimum absolute atomic E-state index is 0.127. The zero-order valence-electron chi connectivity index (χ0n) is 17.9. The zero-order chi connectivity index (χ0) is 22.1. The first kappa shape index (κ1) is 22.6. The minimum atomic E-state index is -0.268. The molecule has 2 aromatic carbocycles. The molecule has 0 unspecified atom stereocenters. The molecule has 0 spiro atoms. The third-order valence-electron chi connectivity index (χ3n) is 4.65. The molecule has 0 fully saturated rings. The van der Waals surface area contributed by atoms with Gasteiger partial charge >= 0.3 is 0 Å². The smallest absolute Gasteiger partial charge is 0.251 e. The Hall–Kier alpha value is -3.06. The van der Waals surface area contributed by atoms with Gasteiger partial charge in [0.05, 0.1) is 12.6 Å². The fraction of sp³-hybridized carbons (Fsp3) is 0.292. The van der Waals surface area contributed by atoms with Crippen LogP contribution in [0.1, 0.15) is 36.1 Å². The summed E-state index contributed by atoms with van der Waals surface area (Å²) >= 11 is 1.58. The van der Waals surface area contributed by atoms with Crippen molar-refractivity contribution in [3.63, 3.8) is 0 Å². The quantitative estimate of drug-likeness (QED) is 0.267. The monoisotopic (exact) mass is 436 g/mol. The number of rotatable bonds is 11. The predicted octanol–water partition coefficient (Wildman–Crippen LogP) is 4.76. The van der Waals surface area contributed by atoms with Crippen LogP contribution in [0.4, 0.5) is 0 Å². The van der Waals surface area contributed by atoms with Crippen LogP contribution in [0, 0.1) is 5.92 Å². The van der Waals surface area contributed by atoms with Gasteiger partial charge in [0.15, 0.2) is 11.0 Å². The van der Waals surface area contributed by atoms with Crippen LogP contribution in [0.5, 0.6) is 5.75 Å². The summed E-state index contributed by atoms with van der Waals surface area (Å²) in [4.78, 5) is 12.7. The maximum atomic E-state index is 12.7. The Balaban J connectivity index is 1.70. The maximum absolute atomic E-state index is 12.7. The Morgan fingerprint density at radius 2 is 1.81 bits per heavy atom.